The highest BCUT2D eigenvalue weighted by Crippen LogP contribution is 2.51. The molecule has 0 atom stereocenters. The van der Waals surface area contributed by atoms with E-state index in [-0.39, 0.29) is 16.1 Å². The van der Waals surface area contributed by atoms with Gasteiger partial charge in [-0.3, -0.25) is 4.79 Å². The number of benzene rings is 1. The average molecular weight is 483 g/mol. The topological polar surface area (TPSA) is 26.3 Å². The normalized spacial score (nSPS) is 15.9. The number of thiophene rings is 1. The highest BCUT2D eigenvalue weighted by molar-refractivity contribution is 8.00. The van der Waals surface area contributed by atoms with Crippen LogP contribution in [0, 0.1) is 11.8 Å². The molecule has 1 aliphatic heterocycles. The molecule has 3 rings (SSSR count). The van der Waals surface area contributed by atoms with Crippen molar-refractivity contribution in [2.45, 2.75) is 108 Å². The van der Waals surface area contributed by atoms with Gasteiger partial charge in [0, 0.05) is 21.6 Å². The molecule has 4 heteroatoms. The van der Waals surface area contributed by atoms with E-state index in [0.717, 1.165) is 29.7 Å². The van der Waals surface area contributed by atoms with E-state index in [4.69, 9.17) is 4.74 Å². The molecule has 178 valence electrons. The first-order chi connectivity index (χ1) is 15.6. The van der Waals surface area contributed by atoms with Crippen LogP contribution in [0.15, 0.2) is 29.2 Å². The third-order valence-corrected chi connectivity index (χ3v) is 8.19. The van der Waals surface area contributed by atoms with Gasteiger partial charge in [-0.2, -0.15) is 0 Å². The first kappa shape index (κ1) is 25.9. The molecule has 1 aromatic carbocycles. The maximum atomic E-state index is 11.8. The Balaban J connectivity index is 1.91. The van der Waals surface area contributed by atoms with E-state index < -0.39 is 0 Å². The summed E-state index contributed by atoms with van der Waals surface area (Å²) in [5.74, 6) is 6.66. The fourth-order valence-corrected chi connectivity index (χ4v) is 7.13. The van der Waals surface area contributed by atoms with Crippen molar-refractivity contribution in [3.63, 3.8) is 0 Å². The minimum absolute atomic E-state index is 0.130. The molecular formula is C29H38O2S2. The van der Waals surface area contributed by atoms with Crippen molar-refractivity contribution in [1.82, 2.24) is 0 Å². The van der Waals surface area contributed by atoms with Gasteiger partial charge in [0.05, 0.1) is 4.88 Å². The van der Waals surface area contributed by atoms with Crippen LogP contribution >= 0.6 is 23.1 Å². The molecule has 33 heavy (non-hydrogen) atoms. The molecule has 0 radical (unpaired) electrons. The molecule has 0 aliphatic carbocycles. The molecular weight excluding hydrogens is 444 g/mol. The summed E-state index contributed by atoms with van der Waals surface area (Å²) in [7, 11) is 0. The standard InChI is InChI=1S/C29H38O2S2/c1-7-9-10-11-13-21-19-25-24(28(3,4)20-29(5,6)33-25)18-22(21)14-15-23-16-17-27(32-23)31-26(30)12-8-2/h16-19H,7-13,20H2,1-6H3. The van der Waals surface area contributed by atoms with Gasteiger partial charge in [-0.15, -0.1) is 11.8 Å². The van der Waals surface area contributed by atoms with Crippen molar-refractivity contribution in [2.24, 2.45) is 0 Å². The predicted octanol–water partition coefficient (Wildman–Crippen LogP) is 8.53. The lowest BCUT2D eigenvalue weighted by Crippen LogP contribution is -2.33. The largest absolute Gasteiger partial charge is 0.415 e. The van der Waals surface area contributed by atoms with Crippen LogP contribution in [0.5, 0.6) is 5.06 Å². The quantitative estimate of drug-likeness (QED) is 0.214. The highest BCUT2D eigenvalue weighted by Gasteiger charge is 2.38. The summed E-state index contributed by atoms with van der Waals surface area (Å²) in [6.45, 7) is 13.7. The summed E-state index contributed by atoms with van der Waals surface area (Å²) < 4.78 is 5.66. The minimum atomic E-state index is -0.175. The maximum Gasteiger partial charge on any atom is 0.311 e. The van der Waals surface area contributed by atoms with Crippen molar-refractivity contribution in [3.8, 4) is 16.9 Å². The van der Waals surface area contributed by atoms with Crippen LogP contribution in [-0.4, -0.2) is 10.7 Å². The van der Waals surface area contributed by atoms with E-state index in [2.05, 4.69) is 58.6 Å². The van der Waals surface area contributed by atoms with Crippen LogP contribution in [0.25, 0.3) is 0 Å². The number of ether oxygens (including phenoxy) is 1. The van der Waals surface area contributed by atoms with Gasteiger partial charge in [0.1, 0.15) is 0 Å². The monoisotopic (exact) mass is 482 g/mol. The van der Waals surface area contributed by atoms with Crippen LogP contribution < -0.4 is 4.74 Å². The number of esters is 1. The lowest BCUT2D eigenvalue weighted by atomic mass is 9.76. The van der Waals surface area contributed by atoms with Crippen molar-refractivity contribution in [3.05, 3.63) is 45.8 Å². The van der Waals surface area contributed by atoms with E-state index in [9.17, 15) is 4.79 Å². The third kappa shape index (κ3) is 7.14. The van der Waals surface area contributed by atoms with Crippen LogP contribution in [0.1, 0.15) is 108 Å². The Kier molecular flexibility index (Phi) is 8.76. The highest BCUT2D eigenvalue weighted by atomic mass is 32.2. The molecule has 2 nitrogen and oxygen atoms in total. The lowest BCUT2D eigenvalue weighted by Gasteiger charge is -2.42. The maximum absolute atomic E-state index is 11.8. The Bertz CT molecular complexity index is 1030. The molecule has 0 amide bonds. The number of unbranched alkanes of at least 4 members (excludes halogenated alkanes) is 3. The summed E-state index contributed by atoms with van der Waals surface area (Å²) in [6, 6.07) is 8.58. The zero-order valence-corrected chi connectivity index (χ0v) is 22.7. The van der Waals surface area contributed by atoms with Gasteiger partial charge >= 0.3 is 5.97 Å². The summed E-state index contributed by atoms with van der Waals surface area (Å²) in [6.07, 6.45) is 8.47. The fraction of sp³-hybridized carbons (Fsp3) is 0.552. The minimum Gasteiger partial charge on any atom is -0.415 e. The number of hydrogen-bond acceptors (Lipinski definition) is 4. The number of thioether (sulfide) groups is 1. The van der Waals surface area contributed by atoms with Crippen molar-refractivity contribution >= 4 is 29.1 Å². The summed E-state index contributed by atoms with van der Waals surface area (Å²) in [4.78, 5) is 14.1. The van der Waals surface area contributed by atoms with Gasteiger partial charge < -0.3 is 4.74 Å². The molecule has 0 N–H and O–H groups in total. The number of aryl methyl sites for hydroxylation is 1. The Morgan fingerprint density at radius 1 is 1.03 bits per heavy atom. The molecule has 0 saturated carbocycles. The lowest BCUT2D eigenvalue weighted by molar-refractivity contribution is -0.134. The molecule has 0 spiro atoms. The first-order valence-corrected chi connectivity index (χ1v) is 14.0. The number of hydrogen-bond donors (Lipinski definition) is 0. The summed E-state index contributed by atoms with van der Waals surface area (Å²) in [5.41, 5.74) is 4.07. The van der Waals surface area contributed by atoms with Crippen molar-refractivity contribution < 1.29 is 9.53 Å². The van der Waals surface area contributed by atoms with E-state index in [1.54, 1.807) is 0 Å². The smallest absolute Gasteiger partial charge is 0.311 e. The van der Waals surface area contributed by atoms with Gasteiger partial charge in [-0.05, 0) is 66.5 Å². The molecule has 2 aromatic rings. The zero-order valence-electron chi connectivity index (χ0n) is 21.1. The van der Waals surface area contributed by atoms with E-state index in [0.29, 0.717) is 11.5 Å². The molecule has 0 unspecified atom stereocenters. The van der Waals surface area contributed by atoms with Gasteiger partial charge in [0.2, 0.25) is 0 Å². The second-order valence-electron chi connectivity index (χ2n) is 10.3. The second-order valence-corrected chi connectivity index (χ2v) is 13.1. The van der Waals surface area contributed by atoms with Crippen LogP contribution in [-0.2, 0) is 16.6 Å². The van der Waals surface area contributed by atoms with Gasteiger partial charge in [0.15, 0.2) is 5.06 Å². The fourth-order valence-electron chi connectivity index (χ4n) is 4.73. The van der Waals surface area contributed by atoms with Crippen LogP contribution in [0.3, 0.4) is 0 Å². The SMILES string of the molecule is CCCCCCc1cc2c(cc1C#Cc1ccc(OC(=O)CCC)s1)C(C)(C)CC(C)(C)S2. The van der Waals surface area contributed by atoms with Gasteiger partial charge in [0.25, 0.3) is 0 Å². The third-order valence-electron chi connectivity index (χ3n) is 6.06. The first-order valence-electron chi connectivity index (χ1n) is 12.3. The van der Waals surface area contributed by atoms with Crippen LogP contribution in [0.4, 0.5) is 0 Å². The van der Waals surface area contributed by atoms with E-state index >= 15 is 0 Å². The number of fused-ring (bicyclic) bond motifs is 1. The molecule has 0 fully saturated rings. The Hall–Kier alpha value is -1.70. The average Bonchev–Trinajstić information content (AvgIpc) is 3.15. The second kappa shape index (κ2) is 11.2. The molecule has 0 bridgehead atoms. The summed E-state index contributed by atoms with van der Waals surface area (Å²) in [5, 5.41) is 0.628. The van der Waals surface area contributed by atoms with Gasteiger partial charge in [-0.25, -0.2) is 0 Å². The Morgan fingerprint density at radius 2 is 1.82 bits per heavy atom. The van der Waals surface area contributed by atoms with Crippen molar-refractivity contribution in [1.29, 1.82) is 0 Å². The zero-order chi connectivity index (χ0) is 24.1. The predicted molar refractivity (Wildman–Crippen MR) is 143 cm³/mol. The van der Waals surface area contributed by atoms with E-state index in [1.807, 2.05) is 30.8 Å². The molecule has 0 saturated heterocycles. The van der Waals surface area contributed by atoms with Crippen molar-refractivity contribution in [2.75, 3.05) is 0 Å². The summed E-state index contributed by atoms with van der Waals surface area (Å²) >= 11 is 3.46. The Morgan fingerprint density at radius 3 is 2.55 bits per heavy atom. The molecule has 1 aromatic heterocycles. The number of rotatable bonds is 8. The molecule has 1 aliphatic rings. The van der Waals surface area contributed by atoms with E-state index in [1.165, 1.54) is 53.0 Å². The number of carbonyl (C=O) groups excluding carboxylic acids is 1. The van der Waals surface area contributed by atoms with Crippen LogP contribution in [0.2, 0.25) is 0 Å². The Labute approximate surface area is 208 Å². The van der Waals surface area contributed by atoms with Gasteiger partial charge in [-0.1, -0.05) is 84.0 Å². The number of carbonyl (C=O) groups is 1. The molecule has 2 heterocycles.